The van der Waals surface area contributed by atoms with Crippen molar-refractivity contribution in [2.45, 2.75) is 19.8 Å². The van der Waals surface area contributed by atoms with Gasteiger partial charge in [-0.25, -0.2) is 4.98 Å². The molecule has 2 N–H and O–H groups in total. The van der Waals surface area contributed by atoms with Gasteiger partial charge in [0, 0.05) is 19.0 Å². The van der Waals surface area contributed by atoms with Crippen molar-refractivity contribution in [3.63, 3.8) is 0 Å². The van der Waals surface area contributed by atoms with Crippen LogP contribution in [0.5, 0.6) is 0 Å². The van der Waals surface area contributed by atoms with Crippen LogP contribution in [0.1, 0.15) is 19.2 Å². The highest BCUT2D eigenvalue weighted by molar-refractivity contribution is 5.75. The van der Waals surface area contributed by atoms with Crippen LogP contribution in [-0.4, -0.2) is 20.7 Å². The Bertz CT molecular complexity index is 442. The van der Waals surface area contributed by atoms with Crippen LogP contribution >= 0.6 is 0 Å². The zero-order valence-corrected chi connectivity index (χ0v) is 8.58. The van der Waals surface area contributed by atoms with Gasteiger partial charge in [0.25, 0.3) is 0 Å². The molecule has 4 nitrogen and oxygen atoms in total. The van der Waals surface area contributed by atoms with Crippen LogP contribution in [-0.2, 0) is 11.2 Å². The van der Waals surface area contributed by atoms with Gasteiger partial charge >= 0.3 is 0 Å². The first-order chi connectivity index (χ1) is 7.25. The van der Waals surface area contributed by atoms with Gasteiger partial charge in [-0.05, 0) is 19.1 Å². The van der Waals surface area contributed by atoms with E-state index in [2.05, 4.69) is 15.0 Å². The highest BCUT2D eigenvalue weighted by Crippen LogP contribution is 2.14. The van der Waals surface area contributed by atoms with E-state index >= 15 is 0 Å². The third-order valence-electron chi connectivity index (χ3n) is 2.23. The summed E-state index contributed by atoms with van der Waals surface area (Å²) < 4.78 is 0. The standard InChI is InChI=1S/C11H13N3O/c1-8(15)4-5-11-13-7-10(14-11)9-3-2-6-12-9/h2-3,6-7,12H,4-5H2,1H3,(H,13,14). The molecule has 0 aliphatic rings. The average molecular weight is 203 g/mol. The highest BCUT2D eigenvalue weighted by atomic mass is 16.1. The Morgan fingerprint density at radius 1 is 1.47 bits per heavy atom. The molecule has 0 spiro atoms. The number of ketones is 1. The second kappa shape index (κ2) is 4.13. The van der Waals surface area contributed by atoms with E-state index in [1.807, 2.05) is 18.3 Å². The lowest BCUT2D eigenvalue weighted by atomic mass is 10.2. The Morgan fingerprint density at radius 2 is 2.33 bits per heavy atom. The summed E-state index contributed by atoms with van der Waals surface area (Å²) in [6, 6.07) is 3.91. The maximum atomic E-state index is 10.8. The number of aryl methyl sites for hydroxylation is 1. The molecule has 4 heteroatoms. The van der Waals surface area contributed by atoms with Crippen LogP contribution < -0.4 is 0 Å². The fourth-order valence-electron chi connectivity index (χ4n) is 1.42. The fraction of sp³-hybridized carbons (Fsp3) is 0.273. The van der Waals surface area contributed by atoms with Gasteiger partial charge in [-0.2, -0.15) is 0 Å². The molecule has 78 valence electrons. The predicted octanol–water partition coefficient (Wildman–Crippen LogP) is 1.93. The molecule has 2 heterocycles. The minimum Gasteiger partial charge on any atom is -0.360 e. The van der Waals surface area contributed by atoms with Crippen LogP contribution in [0.2, 0.25) is 0 Å². The fourth-order valence-corrected chi connectivity index (χ4v) is 1.42. The summed E-state index contributed by atoms with van der Waals surface area (Å²) in [6.07, 6.45) is 4.86. The third kappa shape index (κ3) is 2.34. The average Bonchev–Trinajstić information content (AvgIpc) is 2.85. The molecule has 0 atom stereocenters. The smallest absolute Gasteiger partial charge is 0.130 e. The minimum absolute atomic E-state index is 0.188. The summed E-state index contributed by atoms with van der Waals surface area (Å²) in [4.78, 5) is 21.3. The van der Waals surface area contributed by atoms with E-state index in [4.69, 9.17) is 0 Å². The number of carbonyl (C=O) groups excluding carboxylic acids is 1. The first kappa shape index (κ1) is 9.71. The van der Waals surface area contributed by atoms with Crippen molar-refractivity contribution < 1.29 is 4.79 Å². The Kier molecular flexibility index (Phi) is 2.67. The van der Waals surface area contributed by atoms with Crippen molar-refractivity contribution >= 4 is 5.78 Å². The molecule has 2 rings (SSSR count). The van der Waals surface area contributed by atoms with Gasteiger partial charge in [0.2, 0.25) is 0 Å². The molecule has 0 radical (unpaired) electrons. The number of Topliss-reactive ketones (excluding diaryl/α,β-unsaturated/α-hetero) is 1. The van der Waals surface area contributed by atoms with E-state index in [0.29, 0.717) is 12.8 Å². The minimum atomic E-state index is 0.188. The Morgan fingerprint density at radius 3 is 3.00 bits per heavy atom. The first-order valence-corrected chi connectivity index (χ1v) is 4.93. The molecule has 0 bridgehead atoms. The van der Waals surface area contributed by atoms with Crippen molar-refractivity contribution in [3.8, 4) is 11.4 Å². The number of aromatic amines is 2. The second-order valence-electron chi connectivity index (χ2n) is 3.53. The van der Waals surface area contributed by atoms with Gasteiger partial charge in [-0.1, -0.05) is 0 Å². The molecule has 0 aliphatic carbocycles. The Balaban J connectivity index is 2.08. The van der Waals surface area contributed by atoms with Gasteiger partial charge in [0.05, 0.1) is 17.6 Å². The highest BCUT2D eigenvalue weighted by Gasteiger charge is 2.04. The normalized spacial score (nSPS) is 10.5. The van der Waals surface area contributed by atoms with E-state index in [-0.39, 0.29) is 5.78 Å². The molecule has 0 saturated heterocycles. The van der Waals surface area contributed by atoms with Crippen LogP contribution in [0.4, 0.5) is 0 Å². The summed E-state index contributed by atoms with van der Waals surface area (Å²) >= 11 is 0. The lowest BCUT2D eigenvalue weighted by Crippen LogP contribution is -1.95. The van der Waals surface area contributed by atoms with Crippen molar-refractivity contribution in [3.05, 3.63) is 30.4 Å². The number of carbonyl (C=O) groups is 1. The number of hydrogen-bond acceptors (Lipinski definition) is 2. The number of H-pyrrole nitrogens is 2. The summed E-state index contributed by atoms with van der Waals surface area (Å²) in [5.74, 6) is 1.04. The number of nitrogens with zero attached hydrogens (tertiary/aromatic N) is 1. The Hall–Kier alpha value is -1.84. The summed E-state index contributed by atoms with van der Waals surface area (Å²) in [6.45, 7) is 1.59. The van der Waals surface area contributed by atoms with Crippen molar-refractivity contribution in [2.75, 3.05) is 0 Å². The van der Waals surface area contributed by atoms with Gasteiger partial charge in [-0.3, -0.25) is 0 Å². The summed E-state index contributed by atoms with van der Waals surface area (Å²) in [7, 11) is 0. The topological polar surface area (TPSA) is 61.5 Å². The summed E-state index contributed by atoms with van der Waals surface area (Å²) in [5, 5.41) is 0. The lowest BCUT2D eigenvalue weighted by molar-refractivity contribution is -0.117. The van der Waals surface area contributed by atoms with Crippen molar-refractivity contribution in [1.82, 2.24) is 15.0 Å². The van der Waals surface area contributed by atoms with Crippen LogP contribution in [0.25, 0.3) is 11.4 Å². The van der Waals surface area contributed by atoms with E-state index in [0.717, 1.165) is 17.2 Å². The van der Waals surface area contributed by atoms with Crippen LogP contribution in [0.3, 0.4) is 0 Å². The third-order valence-corrected chi connectivity index (χ3v) is 2.23. The van der Waals surface area contributed by atoms with Crippen LogP contribution in [0.15, 0.2) is 24.5 Å². The molecule has 0 fully saturated rings. The zero-order chi connectivity index (χ0) is 10.7. The predicted molar refractivity (Wildman–Crippen MR) is 57.4 cm³/mol. The molecule has 0 aliphatic heterocycles. The number of hydrogen-bond donors (Lipinski definition) is 2. The van der Waals surface area contributed by atoms with Gasteiger partial charge in [0.1, 0.15) is 11.6 Å². The first-order valence-electron chi connectivity index (χ1n) is 4.93. The molecule has 2 aromatic heterocycles. The molecule has 0 aromatic carbocycles. The molecule has 0 amide bonds. The number of imidazole rings is 1. The SMILES string of the molecule is CC(=O)CCc1ncc(-c2ccc[nH]2)[nH]1. The van der Waals surface area contributed by atoms with Gasteiger partial charge in [-0.15, -0.1) is 0 Å². The van der Waals surface area contributed by atoms with E-state index < -0.39 is 0 Å². The molecular formula is C11H13N3O. The van der Waals surface area contributed by atoms with Crippen molar-refractivity contribution in [1.29, 1.82) is 0 Å². The quantitative estimate of drug-likeness (QED) is 0.797. The van der Waals surface area contributed by atoms with Gasteiger partial charge in [0.15, 0.2) is 0 Å². The number of aromatic nitrogens is 3. The maximum absolute atomic E-state index is 10.8. The molecule has 0 unspecified atom stereocenters. The van der Waals surface area contributed by atoms with Crippen molar-refractivity contribution in [2.24, 2.45) is 0 Å². The van der Waals surface area contributed by atoms with Crippen LogP contribution in [0, 0.1) is 0 Å². The largest absolute Gasteiger partial charge is 0.360 e. The zero-order valence-electron chi connectivity index (χ0n) is 8.58. The number of rotatable bonds is 4. The summed E-state index contributed by atoms with van der Waals surface area (Å²) in [5.41, 5.74) is 1.97. The van der Waals surface area contributed by atoms with Gasteiger partial charge < -0.3 is 14.8 Å². The maximum Gasteiger partial charge on any atom is 0.130 e. The molecular weight excluding hydrogens is 190 g/mol. The number of nitrogens with one attached hydrogen (secondary N) is 2. The lowest BCUT2D eigenvalue weighted by Gasteiger charge is -1.93. The Labute approximate surface area is 87.7 Å². The molecule has 15 heavy (non-hydrogen) atoms. The molecule has 2 aromatic rings. The monoisotopic (exact) mass is 203 g/mol. The van der Waals surface area contributed by atoms with E-state index in [1.54, 1.807) is 13.1 Å². The van der Waals surface area contributed by atoms with E-state index in [1.165, 1.54) is 0 Å². The molecule has 0 saturated carbocycles. The second-order valence-corrected chi connectivity index (χ2v) is 3.53. The van der Waals surface area contributed by atoms with E-state index in [9.17, 15) is 4.79 Å².